The molecule has 0 saturated heterocycles. The quantitative estimate of drug-likeness (QED) is 0.869. The highest BCUT2D eigenvalue weighted by atomic mass is 15.6. The van der Waals surface area contributed by atoms with Crippen LogP contribution in [0.1, 0.15) is 58.3 Å². The highest BCUT2D eigenvalue weighted by Gasteiger charge is 2.23. The van der Waals surface area contributed by atoms with Gasteiger partial charge in [-0.05, 0) is 29.2 Å². The molecule has 1 heterocycles. The molecule has 2 atom stereocenters. The summed E-state index contributed by atoms with van der Waals surface area (Å²) in [6, 6.07) is 0.961. The molecule has 96 valence electrons. The van der Waals surface area contributed by atoms with E-state index in [-0.39, 0.29) is 0 Å². The van der Waals surface area contributed by atoms with Crippen molar-refractivity contribution in [2.75, 3.05) is 0 Å². The third kappa shape index (κ3) is 3.25. The Kier molecular flexibility index (Phi) is 4.10. The minimum absolute atomic E-state index is 0.463. The van der Waals surface area contributed by atoms with Crippen LogP contribution in [0.15, 0.2) is 0 Å². The van der Waals surface area contributed by atoms with Gasteiger partial charge >= 0.3 is 0 Å². The van der Waals surface area contributed by atoms with Crippen molar-refractivity contribution in [2.45, 2.75) is 65.1 Å². The molecule has 0 radical (unpaired) electrons. The van der Waals surface area contributed by atoms with E-state index in [1.807, 2.05) is 4.68 Å². The van der Waals surface area contributed by atoms with Crippen molar-refractivity contribution in [3.63, 3.8) is 0 Å². The van der Waals surface area contributed by atoms with Crippen LogP contribution >= 0.6 is 0 Å². The number of hydrogen-bond donors (Lipinski definition) is 1. The molecule has 1 N–H and O–H groups in total. The topological polar surface area (TPSA) is 55.6 Å². The van der Waals surface area contributed by atoms with Crippen molar-refractivity contribution >= 4 is 0 Å². The first kappa shape index (κ1) is 12.5. The fourth-order valence-electron chi connectivity index (χ4n) is 2.53. The van der Waals surface area contributed by atoms with Crippen LogP contribution in [-0.4, -0.2) is 26.2 Å². The SMILES string of the molecule is CC1CCCC(n2nnnc2CNC(C)C)C1. The van der Waals surface area contributed by atoms with E-state index in [4.69, 9.17) is 0 Å². The zero-order chi connectivity index (χ0) is 12.3. The molecular weight excluding hydrogens is 214 g/mol. The van der Waals surface area contributed by atoms with Crippen LogP contribution in [0.5, 0.6) is 0 Å². The van der Waals surface area contributed by atoms with Gasteiger partial charge in [0.1, 0.15) is 0 Å². The maximum absolute atomic E-state index is 4.17. The molecule has 0 amide bonds. The lowest BCUT2D eigenvalue weighted by Gasteiger charge is -2.27. The van der Waals surface area contributed by atoms with E-state index in [2.05, 4.69) is 41.6 Å². The summed E-state index contributed by atoms with van der Waals surface area (Å²) in [5.41, 5.74) is 0. The first-order chi connectivity index (χ1) is 8.16. The van der Waals surface area contributed by atoms with Crippen molar-refractivity contribution < 1.29 is 0 Å². The Balaban J connectivity index is 2.02. The molecule has 17 heavy (non-hydrogen) atoms. The smallest absolute Gasteiger partial charge is 0.165 e. The van der Waals surface area contributed by atoms with Gasteiger partial charge in [-0.1, -0.05) is 33.6 Å². The van der Waals surface area contributed by atoms with E-state index in [1.165, 1.54) is 25.7 Å². The second kappa shape index (κ2) is 5.58. The minimum atomic E-state index is 0.463. The number of aromatic nitrogens is 4. The van der Waals surface area contributed by atoms with Crippen molar-refractivity contribution in [1.29, 1.82) is 0 Å². The molecule has 0 aromatic carbocycles. The molecule has 0 spiro atoms. The van der Waals surface area contributed by atoms with Gasteiger partial charge in [0.25, 0.3) is 0 Å². The fourth-order valence-corrected chi connectivity index (χ4v) is 2.53. The van der Waals surface area contributed by atoms with Crippen LogP contribution in [0, 0.1) is 5.92 Å². The minimum Gasteiger partial charge on any atom is -0.308 e. The molecule has 2 rings (SSSR count). The van der Waals surface area contributed by atoms with Gasteiger partial charge in [-0.2, -0.15) is 0 Å². The summed E-state index contributed by atoms with van der Waals surface area (Å²) in [5.74, 6) is 1.77. The second-order valence-electron chi connectivity index (χ2n) is 5.50. The van der Waals surface area contributed by atoms with Gasteiger partial charge in [0.05, 0.1) is 12.6 Å². The summed E-state index contributed by atoms with van der Waals surface area (Å²) < 4.78 is 2.03. The van der Waals surface area contributed by atoms with Crippen LogP contribution in [0.4, 0.5) is 0 Å². The zero-order valence-electron chi connectivity index (χ0n) is 11.1. The predicted molar refractivity (Wildman–Crippen MR) is 66.5 cm³/mol. The molecule has 1 aliphatic carbocycles. The Morgan fingerprint density at radius 3 is 2.94 bits per heavy atom. The number of tetrazole rings is 1. The average Bonchev–Trinajstić information content (AvgIpc) is 2.74. The molecule has 1 saturated carbocycles. The Morgan fingerprint density at radius 2 is 2.24 bits per heavy atom. The van der Waals surface area contributed by atoms with E-state index in [1.54, 1.807) is 0 Å². The molecule has 5 heteroatoms. The van der Waals surface area contributed by atoms with E-state index >= 15 is 0 Å². The second-order valence-corrected chi connectivity index (χ2v) is 5.50. The first-order valence-corrected chi connectivity index (χ1v) is 6.67. The molecule has 1 aliphatic rings. The summed E-state index contributed by atoms with van der Waals surface area (Å²) in [6.45, 7) is 7.35. The summed E-state index contributed by atoms with van der Waals surface area (Å²) in [7, 11) is 0. The third-order valence-corrected chi connectivity index (χ3v) is 3.48. The fraction of sp³-hybridized carbons (Fsp3) is 0.917. The van der Waals surface area contributed by atoms with Gasteiger partial charge in [-0.3, -0.25) is 0 Å². The predicted octanol–water partition coefficient (Wildman–Crippen LogP) is 1.92. The highest BCUT2D eigenvalue weighted by Crippen LogP contribution is 2.31. The largest absolute Gasteiger partial charge is 0.308 e. The lowest BCUT2D eigenvalue weighted by molar-refractivity contribution is 0.257. The van der Waals surface area contributed by atoms with Crippen molar-refractivity contribution in [1.82, 2.24) is 25.5 Å². The Labute approximate surface area is 103 Å². The van der Waals surface area contributed by atoms with Crippen molar-refractivity contribution in [3.05, 3.63) is 5.82 Å². The van der Waals surface area contributed by atoms with E-state index < -0.39 is 0 Å². The molecule has 1 aromatic heterocycles. The van der Waals surface area contributed by atoms with Crippen LogP contribution in [0.3, 0.4) is 0 Å². The summed E-state index contributed by atoms with van der Waals surface area (Å²) in [6.07, 6.45) is 5.06. The average molecular weight is 237 g/mol. The molecule has 5 nitrogen and oxygen atoms in total. The molecule has 0 bridgehead atoms. The molecule has 1 aromatic rings. The Bertz CT molecular complexity index is 346. The van der Waals surface area contributed by atoms with Crippen molar-refractivity contribution in [3.8, 4) is 0 Å². The van der Waals surface area contributed by atoms with Gasteiger partial charge in [0.2, 0.25) is 0 Å². The van der Waals surface area contributed by atoms with Crippen LogP contribution in [0.25, 0.3) is 0 Å². The van der Waals surface area contributed by atoms with Crippen molar-refractivity contribution in [2.24, 2.45) is 5.92 Å². The number of rotatable bonds is 4. The molecular formula is C12H23N5. The lowest BCUT2D eigenvalue weighted by Crippen LogP contribution is -2.27. The Morgan fingerprint density at radius 1 is 1.41 bits per heavy atom. The summed E-state index contributed by atoms with van der Waals surface area (Å²) in [4.78, 5) is 0. The van der Waals surface area contributed by atoms with Gasteiger partial charge in [-0.25, -0.2) is 4.68 Å². The molecule has 1 fully saturated rings. The Hall–Kier alpha value is -0.970. The third-order valence-electron chi connectivity index (χ3n) is 3.48. The van der Waals surface area contributed by atoms with Gasteiger partial charge < -0.3 is 5.32 Å². The van der Waals surface area contributed by atoms with E-state index in [0.717, 1.165) is 18.3 Å². The summed E-state index contributed by atoms with van der Waals surface area (Å²) >= 11 is 0. The number of nitrogens with one attached hydrogen (secondary N) is 1. The standard InChI is InChI=1S/C12H23N5/c1-9(2)13-8-12-14-15-16-17(12)11-6-4-5-10(3)7-11/h9-11,13H,4-8H2,1-3H3. The van der Waals surface area contributed by atoms with E-state index in [0.29, 0.717) is 12.1 Å². The number of hydrogen-bond acceptors (Lipinski definition) is 4. The monoisotopic (exact) mass is 237 g/mol. The zero-order valence-corrected chi connectivity index (χ0v) is 11.1. The highest BCUT2D eigenvalue weighted by molar-refractivity contribution is 4.86. The maximum atomic E-state index is 4.17. The lowest BCUT2D eigenvalue weighted by atomic mass is 9.87. The normalized spacial score (nSPS) is 25.4. The van der Waals surface area contributed by atoms with Gasteiger partial charge in [-0.15, -0.1) is 5.10 Å². The van der Waals surface area contributed by atoms with Crippen LogP contribution in [-0.2, 0) is 6.54 Å². The van der Waals surface area contributed by atoms with Crippen LogP contribution in [0.2, 0.25) is 0 Å². The van der Waals surface area contributed by atoms with E-state index in [9.17, 15) is 0 Å². The number of nitrogens with zero attached hydrogens (tertiary/aromatic N) is 4. The molecule has 2 unspecified atom stereocenters. The first-order valence-electron chi connectivity index (χ1n) is 6.67. The summed E-state index contributed by atoms with van der Waals surface area (Å²) in [5, 5.41) is 15.5. The van der Waals surface area contributed by atoms with Crippen LogP contribution < -0.4 is 5.32 Å². The molecule has 0 aliphatic heterocycles. The van der Waals surface area contributed by atoms with Gasteiger partial charge in [0, 0.05) is 6.04 Å². The van der Waals surface area contributed by atoms with Gasteiger partial charge in [0.15, 0.2) is 5.82 Å². The maximum Gasteiger partial charge on any atom is 0.165 e.